The van der Waals surface area contributed by atoms with Crippen LogP contribution in [-0.2, 0) is 10.0 Å². The first kappa shape index (κ1) is 22.9. The zero-order valence-corrected chi connectivity index (χ0v) is 19.8. The Labute approximate surface area is 193 Å². The molecule has 2 fully saturated rings. The predicted octanol–water partition coefficient (Wildman–Crippen LogP) is 4.12. The first-order chi connectivity index (χ1) is 15.4. The number of methoxy groups -OCH3 is 2. The Kier molecular flexibility index (Phi) is 6.65. The SMILES string of the molecule is COc1ccc(OC)c(C2CCCN2C(=O)c2ccc(Cl)c(S(=O)(=O)N3CCCC3)c2)c1. The standard InChI is InChI=1S/C23H27ClN2O5S/c1-30-17-8-10-21(31-2)18(15-17)20-6-5-13-26(20)23(27)16-7-9-19(24)22(14-16)32(28,29)25-11-3-4-12-25/h7-10,14-15,20H,3-6,11-13H2,1-2H3. The summed E-state index contributed by atoms with van der Waals surface area (Å²) in [4.78, 5) is 15.3. The number of rotatable bonds is 6. The number of hydrogen-bond donors (Lipinski definition) is 0. The molecule has 172 valence electrons. The topological polar surface area (TPSA) is 76.1 Å². The third-order valence-electron chi connectivity index (χ3n) is 6.17. The second-order valence-electron chi connectivity index (χ2n) is 8.02. The highest BCUT2D eigenvalue weighted by Gasteiger charge is 2.34. The molecule has 1 amide bonds. The minimum absolute atomic E-state index is 0.0124. The number of halogens is 1. The van der Waals surface area contributed by atoms with Gasteiger partial charge in [0, 0.05) is 30.8 Å². The van der Waals surface area contributed by atoms with Gasteiger partial charge in [-0.1, -0.05) is 11.6 Å². The predicted molar refractivity (Wildman–Crippen MR) is 122 cm³/mol. The third kappa shape index (κ3) is 4.19. The molecule has 1 atom stereocenters. The zero-order valence-electron chi connectivity index (χ0n) is 18.2. The molecule has 2 aliphatic rings. The molecule has 0 aliphatic carbocycles. The van der Waals surface area contributed by atoms with Crippen LogP contribution in [0.3, 0.4) is 0 Å². The van der Waals surface area contributed by atoms with Gasteiger partial charge in [0.15, 0.2) is 0 Å². The molecule has 0 saturated carbocycles. The van der Waals surface area contributed by atoms with Crippen LogP contribution < -0.4 is 9.47 Å². The first-order valence-corrected chi connectivity index (χ1v) is 12.5. The van der Waals surface area contributed by atoms with E-state index in [4.69, 9.17) is 21.1 Å². The summed E-state index contributed by atoms with van der Waals surface area (Å²) in [7, 11) is -0.545. The van der Waals surface area contributed by atoms with E-state index in [2.05, 4.69) is 0 Å². The highest BCUT2D eigenvalue weighted by atomic mass is 35.5. The van der Waals surface area contributed by atoms with Gasteiger partial charge in [-0.2, -0.15) is 4.31 Å². The first-order valence-electron chi connectivity index (χ1n) is 10.7. The van der Waals surface area contributed by atoms with Crippen molar-refractivity contribution >= 4 is 27.5 Å². The van der Waals surface area contributed by atoms with Crippen LogP contribution in [0.2, 0.25) is 5.02 Å². The van der Waals surface area contributed by atoms with E-state index in [9.17, 15) is 13.2 Å². The van der Waals surface area contributed by atoms with Crippen LogP contribution in [0.5, 0.6) is 11.5 Å². The molecule has 2 aliphatic heterocycles. The fourth-order valence-electron chi connectivity index (χ4n) is 4.50. The Hall–Kier alpha value is -2.29. The lowest BCUT2D eigenvalue weighted by molar-refractivity contribution is 0.0733. The summed E-state index contributed by atoms with van der Waals surface area (Å²) < 4.78 is 38.5. The van der Waals surface area contributed by atoms with Gasteiger partial charge in [-0.15, -0.1) is 0 Å². The van der Waals surface area contributed by atoms with Gasteiger partial charge in [0.1, 0.15) is 16.4 Å². The number of amides is 1. The largest absolute Gasteiger partial charge is 0.497 e. The number of hydrogen-bond acceptors (Lipinski definition) is 5. The summed E-state index contributed by atoms with van der Waals surface area (Å²) in [5.41, 5.74) is 1.18. The molecule has 2 heterocycles. The van der Waals surface area contributed by atoms with E-state index in [1.807, 2.05) is 18.2 Å². The Balaban J connectivity index is 1.67. The number of benzene rings is 2. The quantitative estimate of drug-likeness (QED) is 0.624. The van der Waals surface area contributed by atoms with Crippen molar-refractivity contribution in [1.29, 1.82) is 0 Å². The average Bonchev–Trinajstić information content (AvgIpc) is 3.51. The summed E-state index contributed by atoms with van der Waals surface area (Å²) in [6.45, 7) is 1.52. The monoisotopic (exact) mass is 478 g/mol. The molecule has 0 bridgehead atoms. The van der Waals surface area contributed by atoms with Crippen LogP contribution in [0.15, 0.2) is 41.3 Å². The highest BCUT2D eigenvalue weighted by Crippen LogP contribution is 2.40. The van der Waals surface area contributed by atoms with Crippen molar-refractivity contribution in [3.8, 4) is 11.5 Å². The fraction of sp³-hybridized carbons (Fsp3) is 0.435. The van der Waals surface area contributed by atoms with E-state index in [0.29, 0.717) is 36.7 Å². The Bertz CT molecular complexity index is 1120. The number of nitrogens with zero attached hydrogens (tertiary/aromatic N) is 2. The van der Waals surface area contributed by atoms with E-state index in [0.717, 1.165) is 31.2 Å². The van der Waals surface area contributed by atoms with Crippen molar-refractivity contribution in [3.63, 3.8) is 0 Å². The summed E-state index contributed by atoms with van der Waals surface area (Å²) in [5, 5.41) is 0.126. The van der Waals surface area contributed by atoms with E-state index in [-0.39, 0.29) is 21.9 Å². The molecule has 0 spiro atoms. The van der Waals surface area contributed by atoms with Crippen LogP contribution >= 0.6 is 11.6 Å². The van der Waals surface area contributed by atoms with Crippen LogP contribution in [-0.4, -0.2) is 57.4 Å². The van der Waals surface area contributed by atoms with Gasteiger partial charge in [-0.05, 0) is 62.1 Å². The third-order valence-corrected chi connectivity index (χ3v) is 8.55. The molecule has 4 rings (SSSR count). The number of ether oxygens (including phenoxy) is 2. The lowest BCUT2D eigenvalue weighted by Crippen LogP contribution is -2.31. The van der Waals surface area contributed by atoms with Gasteiger partial charge in [0.05, 0.1) is 25.3 Å². The minimum Gasteiger partial charge on any atom is -0.497 e. The Morgan fingerprint density at radius 3 is 2.44 bits per heavy atom. The maximum atomic E-state index is 13.5. The summed E-state index contributed by atoms with van der Waals surface area (Å²) >= 11 is 6.26. The Morgan fingerprint density at radius 1 is 1.00 bits per heavy atom. The molecule has 0 radical (unpaired) electrons. The molecule has 9 heteroatoms. The fourth-order valence-corrected chi connectivity index (χ4v) is 6.52. The summed E-state index contributed by atoms with van der Waals surface area (Å²) in [6.07, 6.45) is 3.27. The van der Waals surface area contributed by atoms with E-state index in [1.165, 1.54) is 16.4 Å². The van der Waals surface area contributed by atoms with Gasteiger partial charge in [0.2, 0.25) is 10.0 Å². The molecule has 0 aromatic heterocycles. The highest BCUT2D eigenvalue weighted by molar-refractivity contribution is 7.89. The van der Waals surface area contributed by atoms with Crippen LogP contribution in [0.1, 0.15) is 47.6 Å². The molecular weight excluding hydrogens is 452 g/mol. The lowest BCUT2D eigenvalue weighted by Gasteiger charge is -2.27. The molecule has 32 heavy (non-hydrogen) atoms. The van der Waals surface area contributed by atoms with Crippen molar-refractivity contribution in [2.24, 2.45) is 0 Å². The smallest absolute Gasteiger partial charge is 0.254 e. The van der Waals surface area contributed by atoms with Crippen molar-refractivity contribution < 1.29 is 22.7 Å². The van der Waals surface area contributed by atoms with E-state index >= 15 is 0 Å². The second-order valence-corrected chi connectivity index (χ2v) is 10.3. The molecule has 2 aromatic carbocycles. The number of carbonyl (C=O) groups excluding carboxylic acids is 1. The number of sulfonamides is 1. The van der Waals surface area contributed by atoms with E-state index in [1.54, 1.807) is 25.2 Å². The molecule has 2 saturated heterocycles. The maximum absolute atomic E-state index is 13.5. The van der Waals surface area contributed by atoms with Crippen molar-refractivity contribution in [3.05, 3.63) is 52.5 Å². The number of carbonyl (C=O) groups is 1. The molecule has 7 nitrogen and oxygen atoms in total. The minimum atomic E-state index is -3.74. The van der Waals surface area contributed by atoms with E-state index < -0.39 is 10.0 Å². The van der Waals surface area contributed by atoms with Crippen molar-refractivity contribution in [2.45, 2.75) is 36.6 Å². The van der Waals surface area contributed by atoms with Gasteiger partial charge < -0.3 is 14.4 Å². The zero-order chi connectivity index (χ0) is 22.9. The van der Waals surface area contributed by atoms with Crippen LogP contribution in [0.4, 0.5) is 0 Å². The average molecular weight is 479 g/mol. The molecule has 1 unspecified atom stereocenters. The number of likely N-dealkylation sites (tertiary alicyclic amines) is 1. The normalized spacial score (nSPS) is 19.3. The van der Waals surface area contributed by atoms with Crippen LogP contribution in [0.25, 0.3) is 0 Å². The van der Waals surface area contributed by atoms with Gasteiger partial charge in [-0.3, -0.25) is 4.79 Å². The summed E-state index contributed by atoms with van der Waals surface area (Å²) in [5.74, 6) is 1.14. The van der Waals surface area contributed by atoms with Crippen molar-refractivity contribution in [2.75, 3.05) is 33.9 Å². The maximum Gasteiger partial charge on any atom is 0.254 e. The van der Waals surface area contributed by atoms with Gasteiger partial charge >= 0.3 is 0 Å². The summed E-state index contributed by atoms with van der Waals surface area (Å²) in [6, 6.07) is 9.84. The van der Waals surface area contributed by atoms with Gasteiger partial charge in [-0.25, -0.2) is 8.42 Å². The molecular formula is C23H27ClN2O5S. The molecule has 0 N–H and O–H groups in total. The van der Waals surface area contributed by atoms with Crippen LogP contribution in [0, 0.1) is 0 Å². The van der Waals surface area contributed by atoms with Gasteiger partial charge in [0.25, 0.3) is 5.91 Å². The molecule has 2 aromatic rings. The lowest BCUT2D eigenvalue weighted by atomic mass is 10.0. The second kappa shape index (κ2) is 9.29. The Morgan fingerprint density at radius 2 is 1.75 bits per heavy atom. The van der Waals surface area contributed by atoms with Crippen molar-refractivity contribution in [1.82, 2.24) is 9.21 Å².